The van der Waals surface area contributed by atoms with Crippen molar-refractivity contribution in [2.45, 2.75) is 179 Å². The Balaban J connectivity index is 2.02. The Hall–Kier alpha value is -2.54. The standard InChI is InChI=1S/C42H72N2O14/c1-23(2)19-33(48)58-42(8)22-34(53-27(6)40(42)50)56-37-26(5)54-41(36(49)35(37)44(11)12)57-38-29(17-18-45)20-24(3)30(43(9)10)16-14-15-25(4)52-32(47)21-31(39(38)51-13)55-28(7)46/h14,16,18,23-27,29-31,34-41,49-50H,15,17,19-22H2,1-13H3/b16-14+/t24-,25-,26-,27+,29+,30+,31-,34+,35-,36-,37-,38+,39+,40+,41+,42-/m1/s1. The molecule has 16 heteroatoms. The fourth-order valence-electron chi connectivity index (χ4n) is 8.63. The maximum absolute atomic E-state index is 13.3. The number of likely N-dealkylation sites (N-methyl/N-ethyl adjacent to an activating group) is 2. The molecule has 0 aromatic rings. The van der Waals surface area contributed by atoms with Gasteiger partial charge in [-0.05, 0) is 80.1 Å². The van der Waals surface area contributed by atoms with Crippen LogP contribution in [0.5, 0.6) is 0 Å². The van der Waals surface area contributed by atoms with Crippen LogP contribution in [0.2, 0.25) is 0 Å². The van der Waals surface area contributed by atoms with Gasteiger partial charge in [-0.25, -0.2) is 0 Å². The van der Waals surface area contributed by atoms with Crippen molar-refractivity contribution in [1.29, 1.82) is 0 Å². The first-order valence-corrected chi connectivity index (χ1v) is 20.6. The molecule has 16 nitrogen and oxygen atoms in total. The SMILES string of the molecule is CO[C@@H]1[C@@H](O[C@@H]2O[C@H](C)[C@@H](O[C@H]3C[C@@](C)(OC(=O)CC(C)C)[C@@H](O)[C@H](C)O3)[C@H](N(C)C)[C@H]2O)[C@@H](CC=O)C[C@@H](C)[C@@H](N(C)C)/C=C/C[C@@H](C)OC(=O)C[C@H]1OC(C)=O. The topological polar surface area (TPSA) is 189 Å². The van der Waals surface area contributed by atoms with E-state index >= 15 is 0 Å². The van der Waals surface area contributed by atoms with Crippen LogP contribution in [0.4, 0.5) is 0 Å². The first kappa shape index (κ1) is 49.8. The highest BCUT2D eigenvalue weighted by molar-refractivity contribution is 5.72. The van der Waals surface area contributed by atoms with Crippen LogP contribution >= 0.6 is 0 Å². The van der Waals surface area contributed by atoms with E-state index in [2.05, 4.69) is 17.9 Å². The van der Waals surface area contributed by atoms with E-state index in [1.54, 1.807) is 46.7 Å². The Kier molecular flexibility index (Phi) is 19.2. The lowest BCUT2D eigenvalue weighted by Gasteiger charge is -2.50. The highest BCUT2D eigenvalue weighted by atomic mass is 16.7. The van der Waals surface area contributed by atoms with Crippen molar-refractivity contribution in [1.82, 2.24) is 9.80 Å². The van der Waals surface area contributed by atoms with Gasteiger partial charge < -0.3 is 62.7 Å². The van der Waals surface area contributed by atoms with E-state index in [9.17, 15) is 29.4 Å². The molecule has 0 amide bonds. The van der Waals surface area contributed by atoms with Crippen molar-refractivity contribution in [2.75, 3.05) is 35.3 Å². The molecule has 3 aliphatic heterocycles. The maximum Gasteiger partial charge on any atom is 0.309 e. The number of aldehydes is 1. The molecule has 0 bridgehead atoms. The predicted molar refractivity (Wildman–Crippen MR) is 212 cm³/mol. The van der Waals surface area contributed by atoms with Gasteiger partial charge in [-0.2, -0.15) is 0 Å². The van der Waals surface area contributed by atoms with E-state index in [0.717, 1.165) is 6.29 Å². The molecular formula is C42H72N2O14. The number of carbonyl (C=O) groups is 4. The summed E-state index contributed by atoms with van der Waals surface area (Å²) in [6.07, 6.45) is -5.13. The maximum atomic E-state index is 13.3. The Morgan fingerprint density at radius 1 is 1.00 bits per heavy atom. The molecule has 0 aliphatic carbocycles. The third-order valence-corrected chi connectivity index (χ3v) is 11.4. The number of methoxy groups -OCH3 is 1. The molecule has 58 heavy (non-hydrogen) atoms. The van der Waals surface area contributed by atoms with Crippen LogP contribution in [-0.4, -0.2) is 165 Å². The number of carbonyl (C=O) groups excluding carboxylic acids is 4. The Morgan fingerprint density at radius 3 is 2.24 bits per heavy atom. The number of hydrogen-bond donors (Lipinski definition) is 2. The summed E-state index contributed by atoms with van der Waals surface area (Å²) in [4.78, 5) is 54.8. The van der Waals surface area contributed by atoms with Crippen LogP contribution in [0, 0.1) is 17.8 Å². The number of esters is 3. The van der Waals surface area contributed by atoms with Crippen molar-refractivity contribution < 1.29 is 67.3 Å². The van der Waals surface area contributed by atoms with Crippen LogP contribution in [-0.2, 0) is 57.1 Å². The van der Waals surface area contributed by atoms with Crippen LogP contribution in [0.25, 0.3) is 0 Å². The second-order valence-corrected chi connectivity index (χ2v) is 17.5. The molecular weight excluding hydrogens is 756 g/mol. The minimum atomic E-state index is -1.35. The first-order chi connectivity index (χ1) is 27.1. The van der Waals surface area contributed by atoms with E-state index in [0.29, 0.717) is 12.8 Å². The zero-order valence-electron chi connectivity index (χ0n) is 36.9. The third kappa shape index (κ3) is 13.5. The minimum Gasteiger partial charge on any atom is -0.462 e. The fraction of sp³-hybridized carbons (Fsp3) is 0.857. The van der Waals surface area contributed by atoms with Gasteiger partial charge in [0.15, 0.2) is 12.6 Å². The second-order valence-electron chi connectivity index (χ2n) is 17.5. The van der Waals surface area contributed by atoms with E-state index in [4.69, 9.17) is 37.9 Å². The molecule has 0 saturated carbocycles. The Labute approximate surface area is 345 Å². The number of aliphatic hydroxyl groups is 2. The largest absolute Gasteiger partial charge is 0.462 e. The zero-order chi connectivity index (χ0) is 43.6. The van der Waals surface area contributed by atoms with Crippen molar-refractivity contribution in [3.8, 4) is 0 Å². The van der Waals surface area contributed by atoms with Crippen LogP contribution < -0.4 is 0 Å². The van der Waals surface area contributed by atoms with Crippen molar-refractivity contribution >= 4 is 24.2 Å². The minimum absolute atomic E-state index is 0.0206. The number of ether oxygens (including phenoxy) is 8. The van der Waals surface area contributed by atoms with Crippen LogP contribution in [0.15, 0.2) is 12.2 Å². The summed E-state index contributed by atoms with van der Waals surface area (Å²) in [5.74, 6) is -2.22. The number of hydrogen-bond acceptors (Lipinski definition) is 16. The number of nitrogens with zero attached hydrogens (tertiary/aromatic N) is 2. The Bertz CT molecular complexity index is 1360. The van der Waals surface area contributed by atoms with Crippen LogP contribution in [0.3, 0.4) is 0 Å². The lowest BCUT2D eigenvalue weighted by molar-refractivity contribution is -0.344. The molecule has 3 rings (SSSR count). The van der Waals surface area contributed by atoms with Gasteiger partial charge in [-0.3, -0.25) is 14.4 Å². The first-order valence-electron chi connectivity index (χ1n) is 20.6. The van der Waals surface area contributed by atoms with E-state index in [-0.39, 0.29) is 43.6 Å². The zero-order valence-corrected chi connectivity index (χ0v) is 36.9. The predicted octanol–water partition coefficient (Wildman–Crippen LogP) is 3.03. The molecule has 2 N–H and O–H groups in total. The number of rotatable bonds is 13. The van der Waals surface area contributed by atoms with E-state index < -0.39 is 103 Å². The summed E-state index contributed by atoms with van der Waals surface area (Å²) >= 11 is 0. The normalized spacial score (nSPS) is 40.1. The molecule has 0 unspecified atom stereocenters. The smallest absolute Gasteiger partial charge is 0.309 e. The summed E-state index contributed by atoms with van der Waals surface area (Å²) < 4.78 is 49.1. The molecule has 0 radical (unpaired) electrons. The Morgan fingerprint density at radius 2 is 1.67 bits per heavy atom. The molecule has 2 saturated heterocycles. The van der Waals surface area contributed by atoms with Gasteiger partial charge >= 0.3 is 17.9 Å². The summed E-state index contributed by atoms with van der Waals surface area (Å²) in [6, 6.07) is -0.814. The van der Waals surface area contributed by atoms with Crippen LogP contribution in [0.1, 0.15) is 93.9 Å². The molecule has 3 aliphatic rings. The molecule has 334 valence electrons. The molecule has 2 fully saturated rings. The number of aliphatic hydroxyl groups excluding tert-OH is 2. The monoisotopic (exact) mass is 828 g/mol. The fourth-order valence-corrected chi connectivity index (χ4v) is 8.63. The third-order valence-electron chi connectivity index (χ3n) is 11.4. The summed E-state index contributed by atoms with van der Waals surface area (Å²) in [5.41, 5.74) is -1.30. The van der Waals surface area contributed by atoms with Crippen molar-refractivity contribution in [3.05, 3.63) is 12.2 Å². The average Bonchev–Trinajstić information content (AvgIpc) is 3.09. The lowest BCUT2D eigenvalue weighted by atomic mass is 9.81. The summed E-state index contributed by atoms with van der Waals surface area (Å²) in [6.45, 7) is 14.0. The van der Waals surface area contributed by atoms with Gasteiger partial charge in [-0.15, -0.1) is 0 Å². The van der Waals surface area contributed by atoms with Gasteiger partial charge in [0, 0.05) is 45.8 Å². The summed E-state index contributed by atoms with van der Waals surface area (Å²) in [7, 11) is 8.89. The van der Waals surface area contributed by atoms with Gasteiger partial charge in [0.05, 0.1) is 30.8 Å². The second kappa shape index (κ2) is 22.3. The molecule has 0 aromatic carbocycles. The molecule has 16 atom stereocenters. The lowest BCUT2D eigenvalue weighted by Crippen LogP contribution is -2.66. The molecule has 0 aromatic heterocycles. The highest BCUT2D eigenvalue weighted by Gasteiger charge is 2.53. The number of cyclic esters (lactones) is 1. The van der Waals surface area contributed by atoms with E-state index in [1.165, 1.54) is 14.0 Å². The molecule has 3 heterocycles. The van der Waals surface area contributed by atoms with E-state index in [1.807, 2.05) is 34.0 Å². The average molecular weight is 829 g/mol. The van der Waals surface area contributed by atoms with Crippen molar-refractivity contribution in [2.24, 2.45) is 17.8 Å². The van der Waals surface area contributed by atoms with Gasteiger partial charge in [0.25, 0.3) is 0 Å². The van der Waals surface area contributed by atoms with Gasteiger partial charge in [0.2, 0.25) is 0 Å². The quantitative estimate of drug-likeness (QED) is 0.119. The highest BCUT2D eigenvalue weighted by Crippen LogP contribution is 2.38. The van der Waals surface area contributed by atoms with Gasteiger partial charge in [0.1, 0.15) is 48.5 Å². The summed E-state index contributed by atoms with van der Waals surface area (Å²) in [5, 5.41) is 23.2. The molecule has 0 spiro atoms. The van der Waals surface area contributed by atoms with Gasteiger partial charge in [-0.1, -0.05) is 32.9 Å². The van der Waals surface area contributed by atoms with Crippen molar-refractivity contribution in [3.63, 3.8) is 0 Å².